The molecule has 0 radical (unpaired) electrons. The molecule has 1 aliphatic rings. The minimum absolute atomic E-state index is 0.0355. The van der Waals surface area contributed by atoms with Crippen molar-refractivity contribution in [3.8, 4) is 0 Å². The molecule has 0 saturated heterocycles. The highest BCUT2D eigenvalue weighted by molar-refractivity contribution is 6.33. The molecule has 1 heterocycles. The summed E-state index contributed by atoms with van der Waals surface area (Å²) < 4.78 is 5.10. The van der Waals surface area contributed by atoms with E-state index in [1.54, 1.807) is 6.92 Å². The van der Waals surface area contributed by atoms with Gasteiger partial charge in [0.1, 0.15) is 5.71 Å². The minimum atomic E-state index is -0.564. The van der Waals surface area contributed by atoms with Gasteiger partial charge in [-0.25, -0.2) is 4.79 Å². The summed E-state index contributed by atoms with van der Waals surface area (Å²) >= 11 is 0. The fourth-order valence-corrected chi connectivity index (χ4v) is 2.90. The van der Waals surface area contributed by atoms with E-state index in [9.17, 15) is 9.59 Å². The molecule has 3 rings (SSSR count). The fraction of sp³-hybridized carbons (Fsp3) is 0.227. The molecular weight excluding hydrogens is 342 g/mol. The third-order valence-corrected chi connectivity index (χ3v) is 4.31. The second-order valence-corrected chi connectivity index (χ2v) is 6.39. The number of hydrogen-bond donors (Lipinski definition) is 0. The van der Waals surface area contributed by atoms with E-state index in [0.717, 1.165) is 22.3 Å². The van der Waals surface area contributed by atoms with E-state index in [1.807, 2.05) is 62.4 Å². The van der Waals surface area contributed by atoms with Crippen LogP contribution in [0.25, 0.3) is 5.57 Å². The van der Waals surface area contributed by atoms with Gasteiger partial charge >= 0.3 is 11.9 Å². The van der Waals surface area contributed by atoms with E-state index in [0.29, 0.717) is 16.9 Å². The van der Waals surface area contributed by atoms with E-state index in [4.69, 9.17) is 9.57 Å². The van der Waals surface area contributed by atoms with Gasteiger partial charge in [0.25, 0.3) is 0 Å². The van der Waals surface area contributed by atoms with Gasteiger partial charge in [0, 0.05) is 5.56 Å². The Balaban J connectivity index is 2.13. The maximum Gasteiger partial charge on any atom is 0.368 e. The number of carbonyl (C=O) groups is 2. The molecule has 2 aromatic carbocycles. The Morgan fingerprint density at radius 3 is 2.19 bits per heavy atom. The first-order chi connectivity index (χ1) is 13.0. The minimum Gasteiger partial charge on any atom is -0.466 e. The second kappa shape index (κ2) is 7.99. The monoisotopic (exact) mass is 363 g/mol. The lowest BCUT2D eigenvalue weighted by Gasteiger charge is -2.12. The van der Waals surface area contributed by atoms with Crippen molar-refractivity contribution in [1.29, 1.82) is 0 Å². The third kappa shape index (κ3) is 4.14. The van der Waals surface area contributed by atoms with Crippen LogP contribution in [0.2, 0.25) is 0 Å². The first-order valence-corrected chi connectivity index (χ1v) is 8.82. The predicted octanol–water partition coefficient (Wildman–Crippen LogP) is 3.97. The Bertz CT molecular complexity index is 922. The number of rotatable bonds is 5. The molecule has 0 aliphatic carbocycles. The molecule has 138 valence electrons. The van der Waals surface area contributed by atoms with Crippen molar-refractivity contribution < 1.29 is 19.2 Å². The number of nitrogens with zero attached hydrogens (tertiary/aromatic N) is 1. The highest BCUT2D eigenvalue weighted by Gasteiger charge is 2.31. The smallest absolute Gasteiger partial charge is 0.368 e. The summed E-state index contributed by atoms with van der Waals surface area (Å²) in [6, 6.07) is 15.3. The average Bonchev–Trinajstić information content (AvgIpc) is 3.03. The summed E-state index contributed by atoms with van der Waals surface area (Å²) in [5, 5.41) is 3.97. The molecule has 27 heavy (non-hydrogen) atoms. The van der Waals surface area contributed by atoms with Gasteiger partial charge < -0.3 is 9.57 Å². The molecule has 1 aliphatic heterocycles. The van der Waals surface area contributed by atoms with Crippen molar-refractivity contribution in [1.82, 2.24) is 0 Å². The van der Waals surface area contributed by atoms with Crippen molar-refractivity contribution in [3.05, 3.63) is 76.4 Å². The summed E-state index contributed by atoms with van der Waals surface area (Å²) in [6.07, 6.45) is -0.0355. The number of benzene rings is 2. The topological polar surface area (TPSA) is 65.0 Å². The number of aryl methyl sites for hydroxylation is 2. The zero-order valence-corrected chi connectivity index (χ0v) is 15.6. The molecule has 0 aromatic heterocycles. The van der Waals surface area contributed by atoms with Crippen LogP contribution in [0.15, 0.2) is 59.3 Å². The Morgan fingerprint density at radius 2 is 1.59 bits per heavy atom. The summed E-state index contributed by atoms with van der Waals surface area (Å²) in [6.45, 7) is 5.99. The first-order valence-electron chi connectivity index (χ1n) is 8.82. The van der Waals surface area contributed by atoms with Gasteiger partial charge in [-0.05, 0) is 31.9 Å². The fourth-order valence-electron chi connectivity index (χ4n) is 2.90. The average molecular weight is 363 g/mol. The van der Waals surface area contributed by atoms with Gasteiger partial charge in [0.15, 0.2) is 0 Å². The van der Waals surface area contributed by atoms with Crippen LogP contribution in [-0.2, 0) is 19.2 Å². The maximum atomic E-state index is 12.5. The predicted molar refractivity (Wildman–Crippen MR) is 103 cm³/mol. The summed E-state index contributed by atoms with van der Waals surface area (Å²) in [4.78, 5) is 29.7. The van der Waals surface area contributed by atoms with Crippen LogP contribution < -0.4 is 0 Å². The van der Waals surface area contributed by atoms with Gasteiger partial charge in [0.2, 0.25) is 0 Å². The Labute approximate surface area is 158 Å². The molecule has 0 spiro atoms. The van der Waals surface area contributed by atoms with Crippen molar-refractivity contribution in [3.63, 3.8) is 0 Å². The van der Waals surface area contributed by atoms with Gasteiger partial charge in [-0.3, -0.25) is 4.79 Å². The van der Waals surface area contributed by atoms with Crippen molar-refractivity contribution in [2.45, 2.75) is 27.2 Å². The quantitative estimate of drug-likeness (QED) is 0.458. The number of hydrogen-bond acceptors (Lipinski definition) is 5. The van der Waals surface area contributed by atoms with Crippen molar-refractivity contribution in [2.24, 2.45) is 5.16 Å². The van der Waals surface area contributed by atoms with E-state index in [1.165, 1.54) is 0 Å². The SMILES string of the molecule is CCOC(=O)C/C(=C1\C(=O)ON=C1c1ccc(C)cc1)c1ccc(C)cc1. The van der Waals surface area contributed by atoms with Crippen LogP contribution in [0.1, 0.15) is 35.6 Å². The number of oxime groups is 1. The Hall–Kier alpha value is -3.21. The molecule has 0 unspecified atom stereocenters. The lowest BCUT2D eigenvalue weighted by Crippen LogP contribution is -2.13. The van der Waals surface area contributed by atoms with E-state index < -0.39 is 11.9 Å². The molecule has 0 N–H and O–H groups in total. The molecule has 2 aromatic rings. The summed E-state index contributed by atoms with van der Waals surface area (Å²) in [5.74, 6) is -0.964. The number of carbonyl (C=O) groups excluding carboxylic acids is 2. The normalized spacial score (nSPS) is 15.2. The van der Waals surface area contributed by atoms with Crippen molar-refractivity contribution in [2.75, 3.05) is 6.61 Å². The molecule has 0 atom stereocenters. The zero-order valence-electron chi connectivity index (χ0n) is 15.6. The summed E-state index contributed by atoms with van der Waals surface area (Å²) in [7, 11) is 0. The zero-order chi connectivity index (χ0) is 19.4. The number of ether oxygens (including phenoxy) is 1. The van der Waals surface area contributed by atoms with Gasteiger partial charge in [-0.2, -0.15) is 0 Å². The third-order valence-electron chi connectivity index (χ3n) is 4.31. The highest BCUT2D eigenvalue weighted by atomic mass is 16.7. The molecule has 0 saturated carbocycles. The van der Waals surface area contributed by atoms with E-state index in [2.05, 4.69) is 5.16 Å². The molecule has 0 fully saturated rings. The molecular formula is C22H21NO4. The maximum absolute atomic E-state index is 12.5. The molecule has 0 bridgehead atoms. The van der Waals surface area contributed by atoms with Crippen LogP contribution in [0.3, 0.4) is 0 Å². The molecule has 5 nitrogen and oxygen atoms in total. The number of esters is 1. The van der Waals surface area contributed by atoms with Gasteiger partial charge in [-0.1, -0.05) is 64.8 Å². The van der Waals surface area contributed by atoms with Crippen LogP contribution in [0, 0.1) is 13.8 Å². The lowest BCUT2D eigenvalue weighted by molar-refractivity contribution is -0.141. The van der Waals surface area contributed by atoms with Crippen LogP contribution >= 0.6 is 0 Å². The van der Waals surface area contributed by atoms with Gasteiger partial charge in [-0.15, -0.1) is 0 Å². The first kappa shape index (κ1) is 18.6. The van der Waals surface area contributed by atoms with Crippen LogP contribution in [0.4, 0.5) is 0 Å². The van der Waals surface area contributed by atoms with Gasteiger partial charge in [0.05, 0.1) is 18.6 Å². The summed E-state index contributed by atoms with van der Waals surface area (Å²) in [5.41, 5.74) is 4.99. The second-order valence-electron chi connectivity index (χ2n) is 6.39. The van der Waals surface area contributed by atoms with E-state index in [-0.39, 0.29) is 13.0 Å². The van der Waals surface area contributed by atoms with Crippen molar-refractivity contribution >= 4 is 23.2 Å². The lowest BCUT2D eigenvalue weighted by atomic mass is 9.91. The largest absolute Gasteiger partial charge is 0.466 e. The Kier molecular flexibility index (Phi) is 5.50. The molecule has 5 heteroatoms. The Morgan fingerprint density at radius 1 is 1.00 bits per heavy atom. The van der Waals surface area contributed by atoms with E-state index >= 15 is 0 Å². The van der Waals surface area contributed by atoms with Crippen LogP contribution in [-0.4, -0.2) is 24.3 Å². The van der Waals surface area contributed by atoms with Crippen LogP contribution in [0.5, 0.6) is 0 Å². The molecule has 0 amide bonds. The highest BCUT2D eigenvalue weighted by Crippen LogP contribution is 2.30. The standard InChI is InChI=1S/C22H21NO4/c1-4-26-19(24)13-18(16-9-5-14(2)6-10-16)20-21(23-27-22(20)25)17-11-7-15(3)8-12-17/h5-12H,4,13H2,1-3H3/b20-18+.